The molecule has 2 aromatic heterocycles. The third-order valence-corrected chi connectivity index (χ3v) is 4.75. The monoisotopic (exact) mass is 345 g/mol. The van der Waals surface area contributed by atoms with Crippen LogP contribution in [-0.4, -0.2) is 52.9 Å². The van der Waals surface area contributed by atoms with Gasteiger partial charge in [0.05, 0.1) is 6.26 Å². The Balaban J connectivity index is 1.59. The van der Waals surface area contributed by atoms with Crippen molar-refractivity contribution >= 4 is 11.8 Å². The van der Waals surface area contributed by atoms with Gasteiger partial charge in [-0.2, -0.15) is 0 Å². The molecule has 134 valence electrons. The first-order chi connectivity index (χ1) is 12.0. The summed E-state index contributed by atoms with van der Waals surface area (Å²) in [5.41, 5.74) is 0.260. The Morgan fingerprint density at radius 1 is 1.28 bits per heavy atom. The molecule has 1 fully saturated rings. The molecule has 0 aromatic carbocycles. The van der Waals surface area contributed by atoms with E-state index in [1.807, 2.05) is 20.9 Å². The van der Waals surface area contributed by atoms with E-state index >= 15 is 0 Å². The number of nitrogens with zero attached hydrogens (tertiary/aromatic N) is 3. The van der Waals surface area contributed by atoms with Crippen molar-refractivity contribution in [1.29, 1.82) is 0 Å². The Hall–Kier alpha value is -2.57. The highest BCUT2D eigenvalue weighted by molar-refractivity contribution is 5.93. The number of hydrogen-bond acceptors (Lipinski definition) is 5. The van der Waals surface area contributed by atoms with Gasteiger partial charge in [0.15, 0.2) is 11.5 Å². The summed E-state index contributed by atoms with van der Waals surface area (Å²) in [7, 11) is 1.83. The normalized spacial score (nSPS) is 15.6. The second-order valence-electron chi connectivity index (χ2n) is 6.66. The number of aromatic nitrogens is 1. The number of furan rings is 1. The van der Waals surface area contributed by atoms with E-state index < -0.39 is 0 Å². The van der Waals surface area contributed by atoms with Crippen molar-refractivity contribution in [3.63, 3.8) is 0 Å². The lowest BCUT2D eigenvalue weighted by molar-refractivity contribution is -0.137. The smallest absolute Gasteiger partial charge is 0.276 e. The fourth-order valence-electron chi connectivity index (χ4n) is 2.94. The first-order valence-electron chi connectivity index (χ1n) is 8.54. The van der Waals surface area contributed by atoms with Gasteiger partial charge >= 0.3 is 0 Å². The lowest BCUT2D eigenvalue weighted by Gasteiger charge is -2.33. The predicted octanol–water partition coefficient (Wildman–Crippen LogP) is 2.65. The number of rotatable bonds is 4. The third kappa shape index (κ3) is 3.60. The lowest BCUT2D eigenvalue weighted by Crippen LogP contribution is -2.45. The van der Waals surface area contributed by atoms with E-state index in [0.717, 1.165) is 0 Å². The lowest BCUT2D eigenvalue weighted by atomic mass is 9.94. The number of piperidine rings is 1. The summed E-state index contributed by atoms with van der Waals surface area (Å²) in [6.07, 6.45) is 2.88. The Morgan fingerprint density at radius 2 is 2.00 bits per heavy atom. The fraction of sp³-hybridized carbons (Fsp3) is 0.500. The summed E-state index contributed by atoms with van der Waals surface area (Å²) in [5.74, 6) is 0.922. The minimum Gasteiger partial charge on any atom is -0.461 e. The molecular formula is C18H23N3O4. The molecule has 7 heteroatoms. The van der Waals surface area contributed by atoms with E-state index in [1.165, 1.54) is 6.26 Å². The van der Waals surface area contributed by atoms with Crippen LogP contribution in [0.4, 0.5) is 0 Å². The van der Waals surface area contributed by atoms with Gasteiger partial charge < -0.3 is 18.7 Å². The molecular weight excluding hydrogens is 322 g/mol. The zero-order valence-electron chi connectivity index (χ0n) is 14.8. The maximum atomic E-state index is 12.6. The van der Waals surface area contributed by atoms with Gasteiger partial charge in [-0.25, -0.2) is 0 Å². The molecule has 0 spiro atoms. The second kappa shape index (κ2) is 7.13. The van der Waals surface area contributed by atoms with Crippen LogP contribution < -0.4 is 0 Å². The molecule has 0 bridgehead atoms. The van der Waals surface area contributed by atoms with Crippen molar-refractivity contribution in [2.24, 2.45) is 5.92 Å². The largest absolute Gasteiger partial charge is 0.461 e. The molecule has 0 atom stereocenters. The van der Waals surface area contributed by atoms with Crippen LogP contribution in [0.5, 0.6) is 0 Å². The molecule has 0 aliphatic carbocycles. The minimum atomic E-state index is -0.176. The molecule has 0 radical (unpaired) electrons. The standard InChI is InChI=1S/C18H23N3O4/c1-12(2)20(3)17(22)13-6-8-21(9-7-13)18(23)14-11-16(25-19-14)15-5-4-10-24-15/h4-5,10-13H,6-9H2,1-3H3. The van der Waals surface area contributed by atoms with Crippen LogP contribution in [-0.2, 0) is 4.79 Å². The molecule has 2 aromatic rings. The molecule has 0 saturated carbocycles. The van der Waals surface area contributed by atoms with E-state index in [9.17, 15) is 9.59 Å². The molecule has 2 amide bonds. The molecule has 0 unspecified atom stereocenters. The first kappa shape index (κ1) is 17.3. The SMILES string of the molecule is CC(C)N(C)C(=O)C1CCN(C(=O)c2cc(-c3ccco3)on2)CC1. The number of hydrogen-bond donors (Lipinski definition) is 0. The summed E-state index contributed by atoms with van der Waals surface area (Å²) in [5, 5.41) is 3.85. The van der Waals surface area contributed by atoms with Crippen molar-refractivity contribution in [2.75, 3.05) is 20.1 Å². The first-order valence-corrected chi connectivity index (χ1v) is 8.54. The van der Waals surface area contributed by atoms with E-state index in [4.69, 9.17) is 8.94 Å². The zero-order chi connectivity index (χ0) is 18.0. The van der Waals surface area contributed by atoms with Crippen LogP contribution in [0.3, 0.4) is 0 Å². The number of likely N-dealkylation sites (tertiary alicyclic amines) is 1. The maximum Gasteiger partial charge on any atom is 0.276 e. The highest BCUT2D eigenvalue weighted by Crippen LogP contribution is 2.24. The van der Waals surface area contributed by atoms with Gasteiger partial charge in [-0.05, 0) is 38.8 Å². The van der Waals surface area contributed by atoms with Crippen LogP contribution in [0.15, 0.2) is 33.4 Å². The molecule has 1 aliphatic rings. The van der Waals surface area contributed by atoms with Crippen molar-refractivity contribution in [3.05, 3.63) is 30.2 Å². The zero-order valence-corrected chi connectivity index (χ0v) is 14.8. The molecule has 1 aliphatic heterocycles. The number of amides is 2. The molecule has 0 N–H and O–H groups in total. The average molecular weight is 345 g/mol. The highest BCUT2D eigenvalue weighted by atomic mass is 16.5. The fourth-order valence-corrected chi connectivity index (χ4v) is 2.94. The van der Waals surface area contributed by atoms with Gasteiger partial charge in [0.2, 0.25) is 11.7 Å². The highest BCUT2D eigenvalue weighted by Gasteiger charge is 2.31. The topological polar surface area (TPSA) is 79.8 Å². The minimum absolute atomic E-state index is 0.0209. The summed E-state index contributed by atoms with van der Waals surface area (Å²) in [6.45, 7) is 5.09. The Labute approximate surface area is 146 Å². The summed E-state index contributed by atoms with van der Waals surface area (Å²) in [4.78, 5) is 28.5. The van der Waals surface area contributed by atoms with Crippen molar-refractivity contribution in [2.45, 2.75) is 32.7 Å². The second-order valence-corrected chi connectivity index (χ2v) is 6.66. The maximum absolute atomic E-state index is 12.6. The summed E-state index contributed by atoms with van der Waals surface area (Å²) in [6, 6.07) is 5.26. The molecule has 1 saturated heterocycles. The van der Waals surface area contributed by atoms with E-state index in [-0.39, 0.29) is 29.5 Å². The average Bonchev–Trinajstić information content (AvgIpc) is 3.31. The van der Waals surface area contributed by atoms with Gasteiger partial charge in [-0.15, -0.1) is 0 Å². The summed E-state index contributed by atoms with van der Waals surface area (Å²) >= 11 is 0. The van der Waals surface area contributed by atoms with Crippen LogP contribution in [0.1, 0.15) is 37.2 Å². The number of carbonyl (C=O) groups excluding carboxylic acids is 2. The summed E-state index contributed by atoms with van der Waals surface area (Å²) < 4.78 is 10.4. The third-order valence-electron chi connectivity index (χ3n) is 4.75. The van der Waals surface area contributed by atoms with Gasteiger partial charge in [0, 0.05) is 38.2 Å². The van der Waals surface area contributed by atoms with Gasteiger partial charge in [-0.3, -0.25) is 9.59 Å². The Bertz CT molecular complexity index is 727. The van der Waals surface area contributed by atoms with E-state index in [0.29, 0.717) is 37.5 Å². The van der Waals surface area contributed by atoms with Crippen LogP contribution in [0.25, 0.3) is 11.5 Å². The van der Waals surface area contributed by atoms with E-state index in [2.05, 4.69) is 5.16 Å². The molecule has 25 heavy (non-hydrogen) atoms. The quantitative estimate of drug-likeness (QED) is 0.851. The number of carbonyl (C=O) groups is 2. The Kier molecular flexibility index (Phi) is 4.92. The molecule has 3 heterocycles. The molecule has 7 nitrogen and oxygen atoms in total. The molecule has 3 rings (SSSR count). The van der Waals surface area contributed by atoms with Crippen LogP contribution in [0.2, 0.25) is 0 Å². The predicted molar refractivity (Wildman–Crippen MR) is 90.7 cm³/mol. The van der Waals surface area contributed by atoms with Crippen LogP contribution >= 0.6 is 0 Å². The van der Waals surface area contributed by atoms with Gasteiger partial charge in [-0.1, -0.05) is 5.16 Å². The van der Waals surface area contributed by atoms with Crippen molar-refractivity contribution < 1.29 is 18.5 Å². The van der Waals surface area contributed by atoms with Gasteiger partial charge in [0.1, 0.15) is 0 Å². The van der Waals surface area contributed by atoms with Crippen molar-refractivity contribution in [3.8, 4) is 11.5 Å². The van der Waals surface area contributed by atoms with Gasteiger partial charge in [0.25, 0.3) is 5.91 Å². The van der Waals surface area contributed by atoms with Crippen LogP contribution in [0, 0.1) is 5.92 Å². The van der Waals surface area contributed by atoms with E-state index in [1.54, 1.807) is 28.0 Å². The van der Waals surface area contributed by atoms with Crippen molar-refractivity contribution in [1.82, 2.24) is 15.0 Å². The Morgan fingerprint density at radius 3 is 2.60 bits per heavy atom.